The van der Waals surface area contributed by atoms with Crippen LogP contribution in [-0.4, -0.2) is 22.0 Å². The van der Waals surface area contributed by atoms with Crippen LogP contribution in [0.1, 0.15) is 15.9 Å². The third-order valence-electron chi connectivity index (χ3n) is 4.05. The van der Waals surface area contributed by atoms with Gasteiger partial charge < -0.3 is 9.47 Å². The molecule has 4 heteroatoms. The van der Waals surface area contributed by atoms with Gasteiger partial charge in [0, 0.05) is 35.9 Å². The summed E-state index contributed by atoms with van der Waals surface area (Å²) in [7, 11) is 0. The van der Waals surface area contributed by atoms with Gasteiger partial charge in [0.2, 0.25) is 0 Å². The first-order valence-electron chi connectivity index (χ1n) is 7.31. The quantitative estimate of drug-likeness (QED) is 0.727. The average Bonchev–Trinajstić information content (AvgIpc) is 3.24. The van der Waals surface area contributed by atoms with Crippen molar-refractivity contribution in [3.05, 3.63) is 78.4 Å². The van der Waals surface area contributed by atoms with Crippen LogP contribution < -0.4 is 4.90 Å². The van der Waals surface area contributed by atoms with Crippen LogP contribution in [0.5, 0.6) is 0 Å². The molecule has 0 atom stereocenters. The summed E-state index contributed by atoms with van der Waals surface area (Å²) in [5, 5.41) is 0. The summed E-state index contributed by atoms with van der Waals surface area (Å²) in [5.41, 5.74) is 3.98. The Morgan fingerprint density at radius 3 is 2.64 bits per heavy atom. The van der Waals surface area contributed by atoms with E-state index >= 15 is 0 Å². The van der Waals surface area contributed by atoms with Gasteiger partial charge in [-0.3, -0.25) is 4.79 Å². The first kappa shape index (κ1) is 12.8. The zero-order valence-electron chi connectivity index (χ0n) is 12.0. The van der Waals surface area contributed by atoms with E-state index in [1.54, 1.807) is 12.5 Å². The minimum absolute atomic E-state index is 0.0575. The van der Waals surface area contributed by atoms with Crippen LogP contribution >= 0.6 is 0 Å². The van der Waals surface area contributed by atoms with Crippen molar-refractivity contribution in [2.75, 3.05) is 11.4 Å². The summed E-state index contributed by atoms with van der Waals surface area (Å²) in [6.45, 7) is 0.751. The monoisotopic (exact) mass is 289 g/mol. The molecule has 0 fully saturated rings. The molecule has 1 aliphatic rings. The molecule has 1 aromatic heterocycles. The number of hydrogen-bond acceptors (Lipinski definition) is 2. The molecule has 22 heavy (non-hydrogen) atoms. The molecule has 2 heterocycles. The van der Waals surface area contributed by atoms with Gasteiger partial charge in [-0.1, -0.05) is 18.2 Å². The van der Waals surface area contributed by atoms with Crippen molar-refractivity contribution in [3.8, 4) is 5.69 Å². The van der Waals surface area contributed by atoms with Crippen LogP contribution in [0.25, 0.3) is 5.69 Å². The van der Waals surface area contributed by atoms with Crippen molar-refractivity contribution in [1.82, 2.24) is 9.55 Å². The molecule has 0 saturated heterocycles. The molecule has 0 N–H and O–H groups in total. The van der Waals surface area contributed by atoms with E-state index in [0.717, 1.165) is 24.3 Å². The Hall–Kier alpha value is -2.88. The highest BCUT2D eigenvalue weighted by Gasteiger charge is 2.24. The van der Waals surface area contributed by atoms with Crippen LogP contribution in [-0.2, 0) is 6.42 Å². The van der Waals surface area contributed by atoms with Gasteiger partial charge in [0.05, 0.1) is 6.33 Å². The largest absolute Gasteiger partial charge is 0.308 e. The molecule has 0 saturated carbocycles. The maximum Gasteiger partial charge on any atom is 0.258 e. The number of fused-ring (bicyclic) bond motifs is 1. The molecule has 0 bridgehead atoms. The Labute approximate surface area is 128 Å². The summed E-state index contributed by atoms with van der Waals surface area (Å²) in [5.74, 6) is 0.0575. The van der Waals surface area contributed by atoms with Crippen molar-refractivity contribution in [2.24, 2.45) is 0 Å². The Kier molecular flexibility index (Phi) is 3.00. The highest BCUT2D eigenvalue weighted by molar-refractivity contribution is 6.07. The molecule has 0 aliphatic carbocycles. The number of amides is 1. The van der Waals surface area contributed by atoms with Gasteiger partial charge in [-0.2, -0.15) is 0 Å². The lowest BCUT2D eigenvalue weighted by atomic mass is 10.1. The van der Waals surface area contributed by atoms with E-state index in [9.17, 15) is 4.79 Å². The number of benzene rings is 2. The molecule has 108 valence electrons. The Morgan fingerprint density at radius 2 is 1.86 bits per heavy atom. The number of hydrogen-bond donors (Lipinski definition) is 0. The topological polar surface area (TPSA) is 38.1 Å². The van der Waals surface area contributed by atoms with Gasteiger partial charge in [-0.05, 0) is 42.3 Å². The normalized spacial score (nSPS) is 13.2. The van der Waals surface area contributed by atoms with E-state index in [2.05, 4.69) is 11.1 Å². The van der Waals surface area contributed by atoms with E-state index in [1.807, 2.05) is 58.1 Å². The Balaban J connectivity index is 1.61. The minimum Gasteiger partial charge on any atom is -0.308 e. The molecule has 3 aromatic rings. The van der Waals surface area contributed by atoms with Crippen LogP contribution in [0.4, 0.5) is 5.69 Å². The molecular weight excluding hydrogens is 274 g/mol. The lowest BCUT2D eigenvalue weighted by Gasteiger charge is -2.17. The lowest BCUT2D eigenvalue weighted by Crippen LogP contribution is -2.28. The fourth-order valence-electron chi connectivity index (χ4n) is 2.89. The van der Waals surface area contributed by atoms with Gasteiger partial charge in [0.1, 0.15) is 0 Å². The third kappa shape index (κ3) is 2.09. The zero-order chi connectivity index (χ0) is 14.9. The standard InChI is InChI=1S/C18H15N3O/c22-18(21-11-9-14-3-1-2-4-17(14)21)15-5-7-16(8-6-15)20-12-10-19-13-20/h1-8,10,12-13H,9,11H2. The Bertz CT molecular complexity index is 807. The van der Waals surface area contributed by atoms with Crippen molar-refractivity contribution in [2.45, 2.75) is 6.42 Å². The summed E-state index contributed by atoms with van der Waals surface area (Å²) >= 11 is 0. The highest BCUT2D eigenvalue weighted by atomic mass is 16.2. The fraction of sp³-hybridized carbons (Fsp3) is 0.111. The summed E-state index contributed by atoms with van der Waals surface area (Å²) in [6.07, 6.45) is 6.29. The number of aromatic nitrogens is 2. The maximum atomic E-state index is 12.7. The minimum atomic E-state index is 0.0575. The number of rotatable bonds is 2. The van der Waals surface area contributed by atoms with Crippen molar-refractivity contribution in [1.29, 1.82) is 0 Å². The highest BCUT2D eigenvalue weighted by Crippen LogP contribution is 2.28. The molecule has 1 amide bonds. The second-order valence-corrected chi connectivity index (χ2v) is 5.35. The molecule has 2 aromatic carbocycles. The van der Waals surface area contributed by atoms with Crippen LogP contribution in [0.2, 0.25) is 0 Å². The number of carbonyl (C=O) groups excluding carboxylic acids is 1. The maximum absolute atomic E-state index is 12.7. The molecule has 0 unspecified atom stereocenters. The number of nitrogens with zero attached hydrogens (tertiary/aromatic N) is 3. The molecule has 0 radical (unpaired) electrons. The molecule has 0 spiro atoms. The smallest absolute Gasteiger partial charge is 0.258 e. The van der Waals surface area contributed by atoms with Crippen LogP contribution in [0.15, 0.2) is 67.3 Å². The van der Waals surface area contributed by atoms with E-state index < -0.39 is 0 Å². The number of imidazole rings is 1. The third-order valence-corrected chi connectivity index (χ3v) is 4.05. The SMILES string of the molecule is O=C(c1ccc(-n2ccnc2)cc1)N1CCc2ccccc21. The molecule has 4 rings (SSSR count). The second-order valence-electron chi connectivity index (χ2n) is 5.35. The fourth-order valence-corrected chi connectivity index (χ4v) is 2.89. The lowest BCUT2D eigenvalue weighted by molar-refractivity contribution is 0.0989. The summed E-state index contributed by atoms with van der Waals surface area (Å²) in [4.78, 5) is 18.6. The van der Waals surface area contributed by atoms with E-state index in [-0.39, 0.29) is 5.91 Å². The number of para-hydroxylation sites is 1. The van der Waals surface area contributed by atoms with Gasteiger partial charge in [0.15, 0.2) is 0 Å². The second kappa shape index (κ2) is 5.15. The predicted molar refractivity (Wildman–Crippen MR) is 85.4 cm³/mol. The van der Waals surface area contributed by atoms with Gasteiger partial charge in [-0.25, -0.2) is 4.98 Å². The van der Waals surface area contributed by atoms with Gasteiger partial charge in [-0.15, -0.1) is 0 Å². The van der Waals surface area contributed by atoms with Crippen molar-refractivity contribution in [3.63, 3.8) is 0 Å². The van der Waals surface area contributed by atoms with Crippen LogP contribution in [0, 0.1) is 0 Å². The predicted octanol–water partition coefficient (Wildman–Crippen LogP) is 3.08. The molecular formula is C18H15N3O. The first-order chi connectivity index (χ1) is 10.8. The first-order valence-corrected chi connectivity index (χ1v) is 7.31. The summed E-state index contributed by atoms with van der Waals surface area (Å²) < 4.78 is 1.92. The average molecular weight is 289 g/mol. The zero-order valence-corrected chi connectivity index (χ0v) is 12.0. The molecule has 1 aliphatic heterocycles. The number of carbonyl (C=O) groups is 1. The van der Waals surface area contributed by atoms with Crippen molar-refractivity contribution >= 4 is 11.6 Å². The Morgan fingerprint density at radius 1 is 1.05 bits per heavy atom. The van der Waals surface area contributed by atoms with E-state index in [0.29, 0.717) is 5.56 Å². The van der Waals surface area contributed by atoms with Crippen LogP contribution in [0.3, 0.4) is 0 Å². The van der Waals surface area contributed by atoms with Crippen molar-refractivity contribution < 1.29 is 4.79 Å². The summed E-state index contributed by atoms with van der Waals surface area (Å²) in [6, 6.07) is 15.7. The number of anilines is 1. The van der Waals surface area contributed by atoms with E-state index in [1.165, 1.54) is 5.56 Å². The van der Waals surface area contributed by atoms with Gasteiger partial charge in [0.25, 0.3) is 5.91 Å². The van der Waals surface area contributed by atoms with Gasteiger partial charge >= 0.3 is 0 Å². The van der Waals surface area contributed by atoms with E-state index in [4.69, 9.17) is 0 Å². The molecule has 4 nitrogen and oxygen atoms in total.